The number of aliphatic hydroxyl groups excluding tert-OH is 1. The number of azide groups is 1. The maximum Gasteiger partial charge on any atom is 0.410 e. The molecule has 3 aromatic carbocycles. The Morgan fingerprint density at radius 2 is 1.38 bits per heavy atom. The maximum atomic E-state index is 13.2. The smallest absolute Gasteiger partial charge is 0.410 e. The highest BCUT2D eigenvalue weighted by Crippen LogP contribution is 2.36. The van der Waals surface area contributed by atoms with E-state index in [1.54, 1.807) is 18.7 Å². The van der Waals surface area contributed by atoms with E-state index in [0.717, 1.165) is 16.7 Å². The van der Waals surface area contributed by atoms with Crippen LogP contribution in [0.5, 0.6) is 0 Å². The Balaban J connectivity index is 1.22. The normalized spacial score (nSPS) is 26.3. The van der Waals surface area contributed by atoms with Gasteiger partial charge in [0.2, 0.25) is 0 Å². The first-order valence-corrected chi connectivity index (χ1v) is 20.3. The van der Waals surface area contributed by atoms with Crippen molar-refractivity contribution in [2.24, 2.45) is 11.0 Å². The maximum absolute atomic E-state index is 13.2. The third kappa shape index (κ3) is 13.7. The summed E-state index contributed by atoms with van der Waals surface area (Å²) in [7, 11) is 0. The number of carbonyl (C=O) groups is 3. The molecule has 324 valence electrons. The van der Waals surface area contributed by atoms with Crippen LogP contribution in [-0.4, -0.2) is 103 Å². The average molecular weight is 833 g/mol. The van der Waals surface area contributed by atoms with E-state index < -0.39 is 79.2 Å². The van der Waals surface area contributed by atoms with E-state index in [2.05, 4.69) is 10.0 Å². The Morgan fingerprint density at radius 3 is 2.00 bits per heavy atom. The van der Waals surface area contributed by atoms with Crippen molar-refractivity contribution in [2.75, 3.05) is 19.8 Å². The summed E-state index contributed by atoms with van der Waals surface area (Å²) < 4.78 is 48.0. The highest BCUT2D eigenvalue weighted by Gasteiger charge is 2.52. The molecule has 2 saturated heterocycles. The van der Waals surface area contributed by atoms with Crippen LogP contribution in [-0.2, 0) is 67.2 Å². The summed E-state index contributed by atoms with van der Waals surface area (Å²) in [4.78, 5) is 42.3. The van der Waals surface area contributed by atoms with Crippen molar-refractivity contribution in [3.63, 3.8) is 0 Å². The van der Waals surface area contributed by atoms with Gasteiger partial charge in [-0.2, -0.15) is 0 Å². The second-order valence-electron chi connectivity index (χ2n) is 14.9. The zero-order valence-electron chi connectivity index (χ0n) is 34.5. The first kappa shape index (κ1) is 46.0. The molecule has 0 aliphatic carbocycles. The van der Waals surface area contributed by atoms with Crippen LogP contribution in [0.3, 0.4) is 0 Å². The van der Waals surface area contributed by atoms with Gasteiger partial charge >= 0.3 is 18.0 Å². The summed E-state index contributed by atoms with van der Waals surface area (Å²) in [6.45, 7) is 7.05. The van der Waals surface area contributed by atoms with E-state index in [0.29, 0.717) is 32.4 Å². The highest BCUT2D eigenvalue weighted by molar-refractivity contribution is 5.67. The minimum absolute atomic E-state index is 0.114. The van der Waals surface area contributed by atoms with Crippen LogP contribution in [0.1, 0.15) is 63.6 Å². The lowest BCUT2D eigenvalue weighted by molar-refractivity contribution is -0.342. The summed E-state index contributed by atoms with van der Waals surface area (Å²) in [5.74, 6) is -1.80. The number of benzene rings is 3. The van der Waals surface area contributed by atoms with Crippen molar-refractivity contribution in [3.05, 3.63) is 118 Å². The minimum Gasteiger partial charge on any atom is -0.463 e. The Kier molecular flexibility index (Phi) is 18.1. The molecule has 0 saturated carbocycles. The van der Waals surface area contributed by atoms with Gasteiger partial charge in [-0.25, -0.2) is 4.79 Å². The van der Waals surface area contributed by atoms with Crippen LogP contribution in [0.25, 0.3) is 10.4 Å². The lowest BCUT2D eigenvalue weighted by Crippen LogP contribution is -2.63. The van der Waals surface area contributed by atoms with E-state index >= 15 is 0 Å². The second-order valence-corrected chi connectivity index (χ2v) is 14.9. The summed E-state index contributed by atoms with van der Waals surface area (Å²) >= 11 is 0. The number of hydrogen-bond donors (Lipinski definition) is 1. The standard InChI is InChI=1S/C44H56N4O12/c1-29-37(46-47-45)42(53-24-16-8-15-23-48(25-33-17-9-5-10-18-33)44(52)56-27-35-21-13-7-14-22-35)59-36(28-54-31(3)49)39(29)60-43-41(58-32(4)50)40(38(51)30(2)57-43)55-26-34-19-11-6-12-20-34/h5-7,9-14,17-22,29-30,36-43,51H,8,15-16,23-28H2,1-4H3/t29-,30?,36?,37?,38-,39+,40?,41+,42+,43+/m1/s1. The highest BCUT2D eigenvalue weighted by atomic mass is 16.7. The van der Waals surface area contributed by atoms with Crippen LogP contribution in [0.4, 0.5) is 4.79 Å². The van der Waals surface area contributed by atoms with Crippen molar-refractivity contribution in [1.29, 1.82) is 0 Å². The SMILES string of the molecule is CC(=O)OCC1O[C@H](OCCCCCN(Cc2ccccc2)C(=O)OCc2ccccc2)C(N=[N+]=[N-])[C@@H](C)[C@@H]1O[C@@H]1OC(C)[C@@H](O)C(OCc2ccccc2)[C@@H]1OC(C)=O. The predicted molar refractivity (Wildman–Crippen MR) is 216 cm³/mol. The molecule has 2 aliphatic rings. The fourth-order valence-electron chi connectivity index (χ4n) is 7.17. The molecule has 1 amide bonds. The fourth-order valence-corrected chi connectivity index (χ4v) is 7.17. The molecule has 2 aliphatic heterocycles. The van der Waals surface area contributed by atoms with Gasteiger partial charge in [-0.15, -0.1) is 0 Å². The van der Waals surface area contributed by atoms with Gasteiger partial charge in [0, 0.05) is 38.5 Å². The molecule has 10 atom stereocenters. The molecule has 3 aromatic rings. The number of aliphatic hydroxyl groups is 1. The first-order valence-electron chi connectivity index (χ1n) is 20.3. The molecular formula is C44H56N4O12. The van der Waals surface area contributed by atoms with Gasteiger partial charge in [-0.05, 0) is 54.3 Å². The van der Waals surface area contributed by atoms with Gasteiger partial charge in [-0.1, -0.05) is 103 Å². The molecule has 60 heavy (non-hydrogen) atoms. The average Bonchev–Trinajstić information content (AvgIpc) is 3.24. The number of nitrogens with zero attached hydrogens (tertiary/aromatic N) is 4. The van der Waals surface area contributed by atoms with E-state index in [1.165, 1.54) is 13.8 Å². The van der Waals surface area contributed by atoms with Gasteiger partial charge in [0.1, 0.15) is 31.5 Å². The Labute approximate surface area is 350 Å². The number of unbranched alkanes of at least 4 members (excludes halogenated alkanes) is 2. The number of rotatable bonds is 20. The molecule has 16 heteroatoms. The second kappa shape index (κ2) is 23.7. The van der Waals surface area contributed by atoms with E-state index in [9.17, 15) is 25.0 Å². The molecule has 4 unspecified atom stereocenters. The zero-order chi connectivity index (χ0) is 42.9. The first-order chi connectivity index (χ1) is 29.0. The van der Waals surface area contributed by atoms with Gasteiger partial charge in [0.25, 0.3) is 0 Å². The van der Waals surface area contributed by atoms with Crippen molar-refractivity contribution in [1.82, 2.24) is 4.90 Å². The van der Waals surface area contributed by atoms with E-state index in [-0.39, 0.29) is 26.4 Å². The summed E-state index contributed by atoms with van der Waals surface area (Å²) in [6, 6.07) is 27.6. The molecule has 0 radical (unpaired) electrons. The third-order valence-electron chi connectivity index (χ3n) is 10.3. The van der Waals surface area contributed by atoms with Crippen LogP contribution in [0.2, 0.25) is 0 Å². The van der Waals surface area contributed by atoms with Gasteiger partial charge in [-0.3, -0.25) is 9.59 Å². The van der Waals surface area contributed by atoms with Gasteiger partial charge in [0.05, 0.1) is 24.9 Å². The number of carbonyl (C=O) groups excluding carboxylic acids is 3. The Morgan fingerprint density at radius 1 is 0.750 bits per heavy atom. The lowest BCUT2D eigenvalue weighted by atomic mass is 9.88. The van der Waals surface area contributed by atoms with E-state index in [4.69, 9.17) is 37.9 Å². The van der Waals surface area contributed by atoms with Crippen LogP contribution < -0.4 is 0 Å². The molecule has 1 N–H and O–H groups in total. The quantitative estimate of drug-likeness (QED) is 0.0319. The summed E-state index contributed by atoms with van der Waals surface area (Å²) in [5.41, 5.74) is 12.3. The van der Waals surface area contributed by atoms with Crippen molar-refractivity contribution in [2.45, 2.75) is 122 Å². The molecule has 2 fully saturated rings. The van der Waals surface area contributed by atoms with Gasteiger partial charge < -0.3 is 47.9 Å². The topological polar surface area (TPSA) is 197 Å². The Bertz CT molecular complexity index is 1820. The third-order valence-corrected chi connectivity index (χ3v) is 10.3. The molecule has 5 rings (SSSR count). The van der Waals surface area contributed by atoms with Gasteiger partial charge in [0.15, 0.2) is 18.7 Å². The van der Waals surface area contributed by atoms with Crippen LogP contribution >= 0.6 is 0 Å². The zero-order valence-corrected chi connectivity index (χ0v) is 34.5. The fraction of sp³-hybridized carbons (Fsp3) is 0.523. The molecule has 0 aromatic heterocycles. The summed E-state index contributed by atoms with van der Waals surface area (Å²) in [6.07, 6.45) is -6.83. The largest absolute Gasteiger partial charge is 0.463 e. The Hall–Kier alpha value is -5.06. The van der Waals surface area contributed by atoms with Crippen molar-refractivity contribution in [3.8, 4) is 0 Å². The van der Waals surface area contributed by atoms with Crippen molar-refractivity contribution >= 4 is 18.0 Å². The predicted octanol–water partition coefficient (Wildman–Crippen LogP) is 6.62. The van der Waals surface area contributed by atoms with Crippen molar-refractivity contribution < 1.29 is 57.4 Å². The van der Waals surface area contributed by atoms with Crippen LogP contribution in [0.15, 0.2) is 96.1 Å². The van der Waals surface area contributed by atoms with Crippen LogP contribution in [0, 0.1) is 5.92 Å². The van der Waals surface area contributed by atoms with E-state index in [1.807, 2.05) is 91.0 Å². The monoisotopic (exact) mass is 832 g/mol. The lowest BCUT2D eigenvalue weighted by Gasteiger charge is -2.48. The molecule has 16 nitrogen and oxygen atoms in total. The number of esters is 2. The number of ether oxygens (including phenoxy) is 8. The molecule has 2 heterocycles. The number of amides is 1. The minimum atomic E-state index is -1.26. The molecule has 0 spiro atoms. The molecule has 0 bridgehead atoms. The number of hydrogen-bond acceptors (Lipinski definition) is 13. The molecular weight excluding hydrogens is 776 g/mol. The summed E-state index contributed by atoms with van der Waals surface area (Å²) in [5, 5.41) is 15.2.